The fourth-order valence-electron chi connectivity index (χ4n) is 2.15. The molecule has 0 saturated carbocycles. The molecule has 1 heterocycles. The molecule has 0 saturated heterocycles. The van der Waals surface area contributed by atoms with E-state index in [4.69, 9.17) is 10.2 Å². The van der Waals surface area contributed by atoms with E-state index in [1.54, 1.807) is 13.0 Å². The molecule has 4 nitrogen and oxygen atoms in total. The third-order valence-electron chi connectivity index (χ3n) is 3.00. The molecule has 4 heteroatoms. The molecule has 0 spiro atoms. The predicted octanol–water partition coefficient (Wildman–Crippen LogP) is 1.95. The van der Waals surface area contributed by atoms with Crippen LogP contribution in [0.3, 0.4) is 0 Å². The number of aromatic carboxylic acids is 1. The predicted molar refractivity (Wildman–Crippen MR) is 65.5 cm³/mol. The Kier molecular flexibility index (Phi) is 2.90. The van der Waals surface area contributed by atoms with Crippen LogP contribution in [-0.2, 0) is 6.54 Å². The van der Waals surface area contributed by atoms with E-state index >= 15 is 0 Å². The number of aromatic nitrogens is 1. The summed E-state index contributed by atoms with van der Waals surface area (Å²) < 4.78 is 1.89. The molecule has 1 aromatic heterocycles. The summed E-state index contributed by atoms with van der Waals surface area (Å²) in [5, 5.41) is 19.1. The second kappa shape index (κ2) is 4.22. The molecule has 0 aliphatic rings. The number of nitrogens with zero attached hydrogens (tertiary/aromatic N) is 1. The van der Waals surface area contributed by atoms with Crippen LogP contribution in [0.25, 0.3) is 10.9 Å². The Morgan fingerprint density at radius 1 is 1.29 bits per heavy atom. The number of carboxylic acids is 1. The topological polar surface area (TPSA) is 62.5 Å². The molecular weight excluding hydrogens is 218 g/mol. The Labute approximate surface area is 99.1 Å². The fraction of sp³-hybridized carbons (Fsp3) is 0.308. The Bertz CT molecular complexity index is 584. The van der Waals surface area contributed by atoms with E-state index in [-0.39, 0.29) is 6.61 Å². The van der Waals surface area contributed by atoms with Crippen molar-refractivity contribution in [2.24, 2.45) is 0 Å². The van der Waals surface area contributed by atoms with E-state index in [0.717, 1.165) is 22.0 Å². The van der Waals surface area contributed by atoms with Crippen LogP contribution >= 0.6 is 0 Å². The SMILES string of the molecule is Cc1cc2c(C)cn(CCO)c2cc1C(=O)O. The van der Waals surface area contributed by atoms with Crippen molar-refractivity contribution in [1.82, 2.24) is 4.57 Å². The third kappa shape index (κ3) is 1.91. The third-order valence-corrected chi connectivity index (χ3v) is 3.00. The van der Waals surface area contributed by atoms with Gasteiger partial charge in [-0.3, -0.25) is 0 Å². The molecule has 0 fully saturated rings. The van der Waals surface area contributed by atoms with E-state index in [2.05, 4.69) is 0 Å². The monoisotopic (exact) mass is 233 g/mol. The molecule has 1 aromatic carbocycles. The molecule has 2 rings (SSSR count). The molecule has 0 radical (unpaired) electrons. The van der Waals surface area contributed by atoms with Crippen molar-refractivity contribution in [3.8, 4) is 0 Å². The lowest BCUT2D eigenvalue weighted by Crippen LogP contribution is -2.03. The van der Waals surface area contributed by atoms with Gasteiger partial charge in [0.2, 0.25) is 0 Å². The second-order valence-corrected chi connectivity index (χ2v) is 4.22. The van der Waals surface area contributed by atoms with Gasteiger partial charge in [0.15, 0.2) is 0 Å². The van der Waals surface area contributed by atoms with Gasteiger partial charge in [0.1, 0.15) is 0 Å². The normalized spacial score (nSPS) is 11.0. The van der Waals surface area contributed by atoms with Gasteiger partial charge >= 0.3 is 5.97 Å². The van der Waals surface area contributed by atoms with Crippen molar-refractivity contribution in [3.05, 3.63) is 35.0 Å². The molecule has 0 bridgehead atoms. The number of rotatable bonds is 3. The highest BCUT2D eigenvalue weighted by atomic mass is 16.4. The van der Waals surface area contributed by atoms with Gasteiger partial charge in [-0.05, 0) is 37.1 Å². The van der Waals surface area contributed by atoms with E-state index in [9.17, 15) is 4.79 Å². The van der Waals surface area contributed by atoms with Gasteiger partial charge in [0.25, 0.3) is 0 Å². The number of carbonyl (C=O) groups is 1. The maximum absolute atomic E-state index is 11.1. The average Bonchev–Trinajstić information content (AvgIpc) is 2.55. The first kappa shape index (κ1) is 11.7. The van der Waals surface area contributed by atoms with Crippen molar-refractivity contribution >= 4 is 16.9 Å². The zero-order valence-electron chi connectivity index (χ0n) is 9.90. The Morgan fingerprint density at radius 2 is 2.00 bits per heavy atom. The summed E-state index contributed by atoms with van der Waals surface area (Å²) in [6.45, 7) is 4.30. The highest BCUT2D eigenvalue weighted by molar-refractivity contribution is 5.96. The van der Waals surface area contributed by atoms with Gasteiger partial charge in [0, 0.05) is 23.6 Å². The number of hydrogen-bond donors (Lipinski definition) is 2. The van der Waals surface area contributed by atoms with Crippen molar-refractivity contribution in [2.45, 2.75) is 20.4 Å². The number of fused-ring (bicyclic) bond motifs is 1. The van der Waals surface area contributed by atoms with Crippen LogP contribution in [0.15, 0.2) is 18.3 Å². The molecular formula is C13H15NO3. The lowest BCUT2D eigenvalue weighted by atomic mass is 10.0. The smallest absolute Gasteiger partial charge is 0.336 e. The van der Waals surface area contributed by atoms with Crippen LogP contribution < -0.4 is 0 Å². The van der Waals surface area contributed by atoms with Gasteiger partial charge in [0.05, 0.1) is 12.2 Å². The van der Waals surface area contributed by atoms with Crippen LogP contribution in [-0.4, -0.2) is 27.4 Å². The molecule has 0 atom stereocenters. The Hall–Kier alpha value is -1.81. The first-order valence-electron chi connectivity index (χ1n) is 5.49. The fourth-order valence-corrected chi connectivity index (χ4v) is 2.15. The van der Waals surface area contributed by atoms with E-state index in [1.807, 2.05) is 23.8 Å². The largest absolute Gasteiger partial charge is 0.478 e. The second-order valence-electron chi connectivity index (χ2n) is 4.22. The standard InChI is InChI=1S/C13H15NO3/c1-8-5-10-9(2)7-14(3-4-15)12(10)6-11(8)13(16)17/h5-7,15H,3-4H2,1-2H3,(H,16,17). The minimum Gasteiger partial charge on any atom is -0.478 e. The van der Waals surface area contributed by atoms with Crippen molar-refractivity contribution < 1.29 is 15.0 Å². The molecule has 0 aliphatic carbocycles. The minimum atomic E-state index is -0.918. The zero-order valence-corrected chi connectivity index (χ0v) is 9.90. The number of aliphatic hydroxyl groups excluding tert-OH is 1. The van der Waals surface area contributed by atoms with Crippen LogP contribution in [0.2, 0.25) is 0 Å². The summed E-state index contributed by atoms with van der Waals surface area (Å²) >= 11 is 0. The summed E-state index contributed by atoms with van der Waals surface area (Å²) in [6.07, 6.45) is 1.94. The highest BCUT2D eigenvalue weighted by Crippen LogP contribution is 2.24. The molecule has 17 heavy (non-hydrogen) atoms. The maximum Gasteiger partial charge on any atom is 0.336 e. The maximum atomic E-state index is 11.1. The van der Waals surface area contributed by atoms with Gasteiger partial charge in [-0.1, -0.05) is 0 Å². The average molecular weight is 233 g/mol. The van der Waals surface area contributed by atoms with Gasteiger partial charge in [-0.25, -0.2) is 4.79 Å². The van der Waals surface area contributed by atoms with Crippen molar-refractivity contribution in [2.75, 3.05) is 6.61 Å². The van der Waals surface area contributed by atoms with Crippen molar-refractivity contribution in [1.29, 1.82) is 0 Å². The Balaban J connectivity index is 2.72. The van der Waals surface area contributed by atoms with E-state index < -0.39 is 5.97 Å². The number of aliphatic hydroxyl groups is 1. The number of aryl methyl sites for hydroxylation is 2. The lowest BCUT2D eigenvalue weighted by molar-refractivity contribution is 0.0696. The molecule has 2 aromatic rings. The zero-order chi connectivity index (χ0) is 12.6. The summed E-state index contributed by atoms with van der Waals surface area (Å²) in [6, 6.07) is 3.57. The molecule has 0 amide bonds. The van der Waals surface area contributed by atoms with Gasteiger partial charge < -0.3 is 14.8 Å². The molecule has 0 aliphatic heterocycles. The van der Waals surface area contributed by atoms with Crippen LogP contribution in [0.1, 0.15) is 21.5 Å². The van der Waals surface area contributed by atoms with Gasteiger partial charge in [-0.2, -0.15) is 0 Å². The molecule has 0 unspecified atom stereocenters. The quantitative estimate of drug-likeness (QED) is 0.851. The number of carboxylic acid groups (broad SMARTS) is 1. The lowest BCUT2D eigenvalue weighted by Gasteiger charge is -2.05. The summed E-state index contributed by atoms with van der Waals surface area (Å²) in [5.41, 5.74) is 3.03. The minimum absolute atomic E-state index is 0.0412. The molecule has 90 valence electrons. The van der Waals surface area contributed by atoms with Crippen LogP contribution in [0.5, 0.6) is 0 Å². The Morgan fingerprint density at radius 3 is 2.59 bits per heavy atom. The summed E-state index contributed by atoms with van der Waals surface area (Å²) in [4.78, 5) is 11.1. The van der Waals surface area contributed by atoms with Gasteiger partial charge in [-0.15, -0.1) is 0 Å². The van der Waals surface area contributed by atoms with E-state index in [0.29, 0.717) is 12.1 Å². The van der Waals surface area contributed by atoms with E-state index in [1.165, 1.54) is 0 Å². The summed E-state index contributed by atoms with van der Waals surface area (Å²) in [5.74, 6) is -0.918. The first-order valence-corrected chi connectivity index (χ1v) is 5.49. The van der Waals surface area contributed by atoms with Crippen LogP contribution in [0, 0.1) is 13.8 Å². The van der Waals surface area contributed by atoms with Crippen molar-refractivity contribution in [3.63, 3.8) is 0 Å². The number of benzene rings is 1. The first-order chi connectivity index (χ1) is 8.04. The van der Waals surface area contributed by atoms with Crippen LogP contribution in [0.4, 0.5) is 0 Å². The summed E-state index contributed by atoms with van der Waals surface area (Å²) in [7, 11) is 0. The highest BCUT2D eigenvalue weighted by Gasteiger charge is 2.12. The number of hydrogen-bond acceptors (Lipinski definition) is 2. The molecule has 2 N–H and O–H groups in total.